The van der Waals surface area contributed by atoms with Crippen LogP contribution in [0.5, 0.6) is 0 Å². The standard InChI is InChI=1S/C15H16N6O2/c1-2-14(12-3-4-16-18-12)23-11(1)6-20-7-13-15(8-20)22-9-10-5-17-19-21(10)13/h1-5,13,15H,6-9H2,(H,16,18)/t13-,15-/m0/s1. The van der Waals surface area contributed by atoms with Gasteiger partial charge in [0.2, 0.25) is 0 Å². The van der Waals surface area contributed by atoms with Crippen molar-refractivity contribution in [3.8, 4) is 11.5 Å². The van der Waals surface area contributed by atoms with Gasteiger partial charge in [-0.3, -0.25) is 10.00 Å². The first-order valence-corrected chi connectivity index (χ1v) is 7.68. The van der Waals surface area contributed by atoms with Crippen molar-refractivity contribution in [2.45, 2.75) is 25.3 Å². The predicted molar refractivity (Wildman–Crippen MR) is 79.2 cm³/mol. The fourth-order valence-electron chi connectivity index (χ4n) is 3.42. The van der Waals surface area contributed by atoms with Crippen molar-refractivity contribution in [2.24, 2.45) is 0 Å². The number of rotatable bonds is 3. The Labute approximate surface area is 132 Å². The Morgan fingerprint density at radius 3 is 3.17 bits per heavy atom. The largest absolute Gasteiger partial charge is 0.458 e. The van der Waals surface area contributed by atoms with Crippen molar-refractivity contribution < 1.29 is 9.15 Å². The van der Waals surface area contributed by atoms with Crippen LogP contribution in [0.4, 0.5) is 0 Å². The smallest absolute Gasteiger partial charge is 0.152 e. The SMILES string of the molecule is c1cc(-c2ccc(CN3C[C@@H]4OCc5cnnn5[C@H]4C3)o2)[nH]n1. The van der Waals surface area contributed by atoms with Crippen LogP contribution >= 0.6 is 0 Å². The molecule has 0 amide bonds. The molecule has 2 atom stereocenters. The van der Waals surface area contributed by atoms with E-state index in [4.69, 9.17) is 9.15 Å². The number of ether oxygens (including phenoxy) is 1. The average molecular weight is 312 g/mol. The van der Waals surface area contributed by atoms with Gasteiger partial charge in [-0.15, -0.1) is 5.10 Å². The summed E-state index contributed by atoms with van der Waals surface area (Å²) < 4.78 is 13.8. The Hall–Kier alpha value is -2.45. The zero-order chi connectivity index (χ0) is 15.2. The lowest BCUT2D eigenvalue weighted by atomic mass is 10.2. The lowest BCUT2D eigenvalue weighted by Gasteiger charge is -2.25. The molecule has 3 aromatic heterocycles. The third-order valence-corrected chi connectivity index (χ3v) is 4.53. The summed E-state index contributed by atoms with van der Waals surface area (Å²) >= 11 is 0. The first kappa shape index (κ1) is 13.0. The zero-order valence-electron chi connectivity index (χ0n) is 12.4. The Balaban J connectivity index is 1.31. The van der Waals surface area contributed by atoms with Crippen LogP contribution in [0.2, 0.25) is 0 Å². The number of aromatic amines is 1. The molecule has 2 aliphatic rings. The van der Waals surface area contributed by atoms with Crippen molar-refractivity contribution in [1.29, 1.82) is 0 Å². The maximum Gasteiger partial charge on any atom is 0.152 e. The number of nitrogens with one attached hydrogen (secondary N) is 1. The highest BCUT2D eigenvalue weighted by Crippen LogP contribution is 2.31. The molecule has 8 heteroatoms. The summed E-state index contributed by atoms with van der Waals surface area (Å²) in [6.07, 6.45) is 3.67. The monoisotopic (exact) mass is 312 g/mol. The molecule has 23 heavy (non-hydrogen) atoms. The molecular formula is C15H16N6O2. The Bertz CT molecular complexity index is 808. The number of nitrogens with zero attached hydrogens (tertiary/aromatic N) is 5. The molecule has 5 rings (SSSR count). The average Bonchev–Trinajstić information content (AvgIpc) is 3.33. The number of fused-ring (bicyclic) bond motifs is 3. The van der Waals surface area contributed by atoms with Gasteiger partial charge in [0.1, 0.15) is 11.5 Å². The predicted octanol–water partition coefficient (Wildman–Crippen LogP) is 1.22. The molecular weight excluding hydrogens is 296 g/mol. The molecule has 118 valence electrons. The minimum atomic E-state index is 0.172. The van der Waals surface area contributed by atoms with Crippen molar-refractivity contribution in [2.75, 3.05) is 13.1 Å². The number of likely N-dealkylation sites (tertiary alicyclic amines) is 1. The van der Waals surface area contributed by atoms with Gasteiger partial charge in [-0.25, -0.2) is 4.68 Å². The van der Waals surface area contributed by atoms with Crippen LogP contribution in [0.15, 0.2) is 35.0 Å². The topological polar surface area (TPSA) is 85.0 Å². The second-order valence-corrected chi connectivity index (χ2v) is 6.02. The fraction of sp³-hybridized carbons (Fsp3) is 0.400. The van der Waals surface area contributed by atoms with Crippen LogP contribution < -0.4 is 0 Å². The van der Waals surface area contributed by atoms with Crippen LogP contribution in [0.3, 0.4) is 0 Å². The number of hydrogen-bond donors (Lipinski definition) is 1. The molecule has 0 bridgehead atoms. The van der Waals surface area contributed by atoms with E-state index < -0.39 is 0 Å². The maximum absolute atomic E-state index is 5.93. The van der Waals surface area contributed by atoms with Gasteiger partial charge in [0, 0.05) is 19.3 Å². The lowest BCUT2D eigenvalue weighted by Crippen LogP contribution is -2.32. The number of furan rings is 1. The zero-order valence-corrected chi connectivity index (χ0v) is 12.4. The summed E-state index contributed by atoms with van der Waals surface area (Å²) in [6.45, 7) is 3.12. The molecule has 0 aliphatic carbocycles. The summed E-state index contributed by atoms with van der Waals surface area (Å²) in [4.78, 5) is 2.34. The van der Waals surface area contributed by atoms with Crippen LogP contribution in [-0.2, 0) is 17.9 Å². The van der Waals surface area contributed by atoms with Gasteiger partial charge >= 0.3 is 0 Å². The van der Waals surface area contributed by atoms with E-state index in [0.29, 0.717) is 6.61 Å². The highest BCUT2D eigenvalue weighted by Gasteiger charge is 2.39. The van der Waals surface area contributed by atoms with E-state index in [9.17, 15) is 0 Å². The normalized spacial score (nSPS) is 23.8. The molecule has 0 spiro atoms. The lowest BCUT2D eigenvalue weighted by molar-refractivity contribution is -0.00530. The summed E-state index contributed by atoms with van der Waals surface area (Å²) in [5, 5.41) is 15.1. The van der Waals surface area contributed by atoms with Gasteiger partial charge in [-0.05, 0) is 18.2 Å². The van der Waals surface area contributed by atoms with E-state index in [1.807, 2.05) is 22.9 Å². The Morgan fingerprint density at radius 2 is 2.26 bits per heavy atom. The van der Waals surface area contributed by atoms with Gasteiger partial charge in [0.15, 0.2) is 5.76 Å². The van der Waals surface area contributed by atoms with Crippen LogP contribution in [-0.4, -0.2) is 49.3 Å². The van der Waals surface area contributed by atoms with Crippen LogP contribution in [0, 0.1) is 0 Å². The molecule has 0 radical (unpaired) electrons. The number of aromatic nitrogens is 5. The Morgan fingerprint density at radius 1 is 1.26 bits per heavy atom. The molecule has 5 heterocycles. The van der Waals surface area contributed by atoms with E-state index in [-0.39, 0.29) is 12.1 Å². The highest BCUT2D eigenvalue weighted by molar-refractivity contribution is 5.51. The summed E-state index contributed by atoms with van der Waals surface area (Å²) in [6, 6.07) is 6.12. The van der Waals surface area contributed by atoms with E-state index in [1.54, 1.807) is 12.4 Å². The first-order chi connectivity index (χ1) is 11.4. The quantitative estimate of drug-likeness (QED) is 0.782. The summed E-state index contributed by atoms with van der Waals surface area (Å²) in [5.41, 5.74) is 1.94. The fourth-order valence-corrected chi connectivity index (χ4v) is 3.42. The second-order valence-electron chi connectivity index (χ2n) is 6.02. The minimum absolute atomic E-state index is 0.172. The van der Waals surface area contributed by atoms with Gasteiger partial charge < -0.3 is 9.15 Å². The molecule has 8 nitrogen and oxygen atoms in total. The maximum atomic E-state index is 5.93. The van der Waals surface area contributed by atoms with E-state index >= 15 is 0 Å². The molecule has 1 N–H and O–H groups in total. The Kier molecular flexibility index (Phi) is 2.85. The first-order valence-electron chi connectivity index (χ1n) is 7.68. The van der Waals surface area contributed by atoms with E-state index in [2.05, 4.69) is 25.4 Å². The van der Waals surface area contributed by atoms with Gasteiger partial charge in [0.05, 0.1) is 37.2 Å². The van der Waals surface area contributed by atoms with Crippen LogP contribution in [0.25, 0.3) is 11.5 Å². The molecule has 2 aliphatic heterocycles. The molecule has 0 aromatic carbocycles. The molecule has 3 aromatic rings. The van der Waals surface area contributed by atoms with Gasteiger partial charge in [-0.2, -0.15) is 5.10 Å². The number of hydrogen-bond acceptors (Lipinski definition) is 6. The van der Waals surface area contributed by atoms with Crippen molar-refractivity contribution >= 4 is 0 Å². The molecule has 0 unspecified atom stereocenters. The van der Waals surface area contributed by atoms with Crippen molar-refractivity contribution in [3.63, 3.8) is 0 Å². The van der Waals surface area contributed by atoms with E-state index in [0.717, 1.165) is 42.5 Å². The summed E-state index contributed by atoms with van der Waals surface area (Å²) in [7, 11) is 0. The second kappa shape index (κ2) is 5.04. The molecule has 1 fully saturated rings. The van der Waals surface area contributed by atoms with Crippen LogP contribution in [0.1, 0.15) is 17.5 Å². The molecule has 1 saturated heterocycles. The van der Waals surface area contributed by atoms with Gasteiger partial charge in [-0.1, -0.05) is 5.21 Å². The summed E-state index contributed by atoms with van der Waals surface area (Å²) in [5.74, 6) is 1.75. The third-order valence-electron chi connectivity index (χ3n) is 4.53. The number of H-pyrrole nitrogens is 1. The van der Waals surface area contributed by atoms with Crippen molar-refractivity contribution in [1.82, 2.24) is 30.1 Å². The van der Waals surface area contributed by atoms with Gasteiger partial charge in [0.25, 0.3) is 0 Å². The van der Waals surface area contributed by atoms with E-state index in [1.165, 1.54) is 0 Å². The van der Waals surface area contributed by atoms with Crippen molar-refractivity contribution in [3.05, 3.63) is 42.0 Å². The molecule has 0 saturated carbocycles. The highest BCUT2D eigenvalue weighted by atomic mass is 16.5. The minimum Gasteiger partial charge on any atom is -0.458 e. The third kappa shape index (κ3) is 2.18.